The molecule has 370 valence electrons. The quantitative estimate of drug-likeness (QED) is 0.0197. The summed E-state index contributed by atoms with van der Waals surface area (Å²) in [4.78, 5) is 48.1. The minimum Gasteiger partial charge on any atom is -0.462 e. The number of allylic oxidation sites excluding steroid dienone is 9. The van der Waals surface area contributed by atoms with E-state index in [1.165, 1.54) is 89.9 Å². The van der Waals surface area contributed by atoms with Crippen molar-refractivity contribution in [2.75, 3.05) is 26.4 Å². The molecule has 0 radical (unpaired) electrons. The fourth-order valence-electron chi connectivity index (χ4n) is 6.67. The van der Waals surface area contributed by atoms with Gasteiger partial charge in [-0.2, -0.15) is 0 Å². The van der Waals surface area contributed by atoms with Gasteiger partial charge in [-0.05, 0) is 44.9 Å². The predicted molar refractivity (Wildman–Crippen MR) is 261 cm³/mol. The summed E-state index contributed by atoms with van der Waals surface area (Å²) in [6.07, 6.45) is 48.0. The second-order valence-electron chi connectivity index (χ2n) is 16.6. The van der Waals surface area contributed by atoms with Gasteiger partial charge in [0.2, 0.25) is 0 Å². The van der Waals surface area contributed by atoms with E-state index in [4.69, 9.17) is 23.3 Å². The van der Waals surface area contributed by atoms with Crippen molar-refractivity contribution >= 4 is 25.7 Å². The number of carbonyl (C=O) groups is 3. The highest BCUT2D eigenvalue weighted by molar-refractivity contribution is 7.47. The third-order valence-corrected chi connectivity index (χ3v) is 11.4. The van der Waals surface area contributed by atoms with Gasteiger partial charge < -0.3 is 24.2 Å². The van der Waals surface area contributed by atoms with E-state index in [2.05, 4.69) is 57.2 Å². The van der Waals surface area contributed by atoms with E-state index in [9.17, 15) is 28.9 Å². The standard InChI is InChI=1S/C52H91O11P/c1-4-7-10-13-16-19-21-23-24-26-28-31-34-37-40-43-52(56)63-49(45-59-50(54)41-38-35-32-30-27-25-22-20-17-14-11-8-5-2)47-61-64(57,58)60-46-48(44-53)62-51(55)42-39-36-33-29-18-15-12-9-6-3/h7,10,16,19,23-24,28,31,37,40,48-49,53H,4-6,8-9,11-15,17-18,20-22,25-27,29-30,32-36,38-39,41-47H2,1-3H3,(H,57,58)/b10-7-,19-16-,24-23-,31-28-,40-37-. The van der Waals surface area contributed by atoms with Crippen molar-refractivity contribution in [3.8, 4) is 0 Å². The summed E-state index contributed by atoms with van der Waals surface area (Å²) in [5.41, 5.74) is 0. The van der Waals surface area contributed by atoms with Gasteiger partial charge >= 0.3 is 25.7 Å². The lowest BCUT2D eigenvalue weighted by Gasteiger charge is -2.21. The van der Waals surface area contributed by atoms with Crippen LogP contribution in [-0.4, -0.2) is 66.5 Å². The lowest BCUT2D eigenvalue weighted by molar-refractivity contribution is -0.160. The average Bonchev–Trinajstić information content (AvgIpc) is 3.28. The Morgan fingerprint density at radius 1 is 0.453 bits per heavy atom. The van der Waals surface area contributed by atoms with Crippen LogP contribution in [0.3, 0.4) is 0 Å². The van der Waals surface area contributed by atoms with Crippen LogP contribution in [0.15, 0.2) is 60.8 Å². The number of hydrogen-bond donors (Lipinski definition) is 2. The number of phosphoric ester groups is 1. The first kappa shape index (κ1) is 61.2. The largest absolute Gasteiger partial charge is 0.472 e. The zero-order valence-corrected chi connectivity index (χ0v) is 41.4. The third kappa shape index (κ3) is 44.4. The van der Waals surface area contributed by atoms with Crippen LogP contribution in [0.25, 0.3) is 0 Å². The monoisotopic (exact) mass is 923 g/mol. The summed E-state index contributed by atoms with van der Waals surface area (Å²) in [6, 6.07) is 0. The number of carbonyl (C=O) groups excluding carboxylic acids is 3. The lowest BCUT2D eigenvalue weighted by Crippen LogP contribution is -2.30. The minimum atomic E-state index is -4.76. The van der Waals surface area contributed by atoms with Crippen molar-refractivity contribution < 1.29 is 52.2 Å². The molecule has 0 amide bonds. The van der Waals surface area contributed by atoms with E-state index >= 15 is 0 Å². The molecule has 0 saturated heterocycles. The normalized spacial score (nSPS) is 14.0. The zero-order chi connectivity index (χ0) is 47.0. The van der Waals surface area contributed by atoms with Crippen LogP contribution < -0.4 is 0 Å². The van der Waals surface area contributed by atoms with Crippen LogP contribution in [-0.2, 0) is 42.2 Å². The molecule has 0 aromatic rings. The first-order chi connectivity index (χ1) is 31.2. The Morgan fingerprint density at radius 3 is 1.23 bits per heavy atom. The van der Waals surface area contributed by atoms with Gasteiger partial charge in [0.05, 0.1) is 26.2 Å². The molecule has 3 unspecified atom stereocenters. The Balaban J connectivity index is 4.87. The van der Waals surface area contributed by atoms with Crippen LogP contribution >= 0.6 is 7.82 Å². The van der Waals surface area contributed by atoms with Gasteiger partial charge in [-0.15, -0.1) is 0 Å². The summed E-state index contributed by atoms with van der Waals surface area (Å²) >= 11 is 0. The molecule has 0 fully saturated rings. The molecule has 0 aliphatic rings. The minimum absolute atomic E-state index is 0.0627. The molecule has 0 rings (SSSR count). The van der Waals surface area contributed by atoms with Crippen molar-refractivity contribution in [1.29, 1.82) is 0 Å². The number of hydrogen-bond acceptors (Lipinski definition) is 10. The summed E-state index contributed by atoms with van der Waals surface area (Å²) in [5, 5.41) is 9.73. The number of esters is 3. The number of rotatable bonds is 46. The molecular weight excluding hydrogens is 832 g/mol. The molecule has 0 spiro atoms. The van der Waals surface area contributed by atoms with Crippen LogP contribution in [0.1, 0.15) is 213 Å². The number of phosphoric acid groups is 1. The molecule has 0 aromatic carbocycles. The van der Waals surface area contributed by atoms with Gasteiger partial charge in [-0.25, -0.2) is 4.57 Å². The van der Waals surface area contributed by atoms with Gasteiger partial charge in [0.1, 0.15) is 12.7 Å². The fraction of sp³-hybridized carbons (Fsp3) is 0.750. The summed E-state index contributed by atoms with van der Waals surface area (Å²) in [5.74, 6) is -1.62. The van der Waals surface area contributed by atoms with Crippen LogP contribution in [0.2, 0.25) is 0 Å². The average molecular weight is 923 g/mol. The molecule has 0 saturated carbocycles. The van der Waals surface area contributed by atoms with E-state index in [0.717, 1.165) is 64.2 Å². The second-order valence-corrected chi connectivity index (χ2v) is 18.1. The Hall–Kier alpha value is -2.82. The van der Waals surface area contributed by atoms with Crippen molar-refractivity contribution in [2.45, 2.75) is 226 Å². The molecule has 0 aliphatic carbocycles. The lowest BCUT2D eigenvalue weighted by atomic mass is 10.0. The van der Waals surface area contributed by atoms with E-state index in [1.54, 1.807) is 6.08 Å². The van der Waals surface area contributed by atoms with Crippen molar-refractivity contribution in [3.05, 3.63) is 60.8 Å². The topological polar surface area (TPSA) is 155 Å². The summed E-state index contributed by atoms with van der Waals surface area (Å²) in [7, 11) is -4.76. The fourth-order valence-corrected chi connectivity index (χ4v) is 7.45. The van der Waals surface area contributed by atoms with Gasteiger partial charge in [-0.1, -0.05) is 210 Å². The third-order valence-electron chi connectivity index (χ3n) is 10.5. The smallest absolute Gasteiger partial charge is 0.462 e. The molecule has 0 heterocycles. The number of aliphatic hydroxyl groups excluding tert-OH is 1. The molecule has 11 nitrogen and oxygen atoms in total. The Kier molecular flexibility index (Phi) is 44.6. The van der Waals surface area contributed by atoms with Crippen LogP contribution in [0.5, 0.6) is 0 Å². The number of aliphatic hydroxyl groups is 1. The van der Waals surface area contributed by atoms with Crippen molar-refractivity contribution in [2.24, 2.45) is 0 Å². The molecule has 0 aromatic heterocycles. The SMILES string of the molecule is CC/C=C\C/C=C\C/C=C\C/C=C\C/C=C\CC(=O)OC(COC(=O)CCCCCCCCCCCCCCC)COP(=O)(O)OCC(CO)OC(=O)CCCCCCCCCCC. The van der Waals surface area contributed by atoms with E-state index < -0.39 is 57.8 Å². The Morgan fingerprint density at radius 2 is 0.812 bits per heavy atom. The molecule has 3 atom stereocenters. The highest BCUT2D eigenvalue weighted by atomic mass is 31.2. The maximum atomic E-state index is 12.8. The van der Waals surface area contributed by atoms with Crippen molar-refractivity contribution in [1.82, 2.24) is 0 Å². The van der Waals surface area contributed by atoms with Gasteiger partial charge in [0.25, 0.3) is 0 Å². The van der Waals surface area contributed by atoms with E-state index in [1.807, 2.05) is 18.2 Å². The van der Waals surface area contributed by atoms with E-state index in [0.29, 0.717) is 19.3 Å². The second kappa shape index (κ2) is 46.7. The van der Waals surface area contributed by atoms with Gasteiger partial charge in [-0.3, -0.25) is 23.4 Å². The number of unbranched alkanes of at least 4 members (excludes halogenated alkanes) is 20. The summed E-state index contributed by atoms with van der Waals surface area (Å²) < 4.78 is 39.1. The first-order valence-electron chi connectivity index (χ1n) is 25.2. The maximum Gasteiger partial charge on any atom is 0.472 e. The molecule has 0 aliphatic heterocycles. The van der Waals surface area contributed by atoms with Crippen LogP contribution in [0, 0.1) is 0 Å². The van der Waals surface area contributed by atoms with Crippen molar-refractivity contribution in [3.63, 3.8) is 0 Å². The van der Waals surface area contributed by atoms with E-state index in [-0.39, 0.29) is 25.9 Å². The highest BCUT2D eigenvalue weighted by Gasteiger charge is 2.28. The van der Waals surface area contributed by atoms with Gasteiger partial charge in [0, 0.05) is 12.8 Å². The van der Waals surface area contributed by atoms with Crippen LogP contribution in [0.4, 0.5) is 0 Å². The van der Waals surface area contributed by atoms with Gasteiger partial charge in [0.15, 0.2) is 6.10 Å². The molecule has 64 heavy (non-hydrogen) atoms. The summed E-state index contributed by atoms with van der Waals surface area (Å²) in [6.45, 7) is 4.38. The predicted octanol–water partition coefficient (Wildman–Crippen LogP) is 14.0. The zero-order valence-electron chi connectivity index (χ0n) is 40.5. The number of ether oxygens (including phenoxy) is 3. The maximum absolute atomic E-state index is 12.8. The molecule has 12 heteroatoms. The molecule has 0 bridgehead atoms. The molecular formula is C52H91O11P. The Bertz CT molecular complexity index is 1310. The Labute approximate surface area is 389 Å². The highest BCUT2D eigenvalue weighted by Crippen LogP contribution is 2.43. The first-order valence-corrected chi connectivity index (χ1v) is 26.7. The molecule has 2 N–H and O–H groups in total.